The number of nitrogen functional groups attached to an aromatic ring is 1. The van der Waals surface area contributed by atoms with Crippen molar-refractivity contribution in [3.8, 4) is 0 Å². The average molecular weight is 159 g/mol. The number of hydrogen-bond donors (Lipinski definition) is 1. The third-order valence-corrected chi connectivity index (χ3v) is 1.18. The van der Waals surface area contributed by atoms with Crippen molar-refractivity contribution in [3.05, 3.63) is 29.8 Å². The fourth-order valence-electron chi connectivity index (χ4n) is 0.683. The summed E-state index contributed by atoms with van der Waals surface area (Å²) in [6.45, 7) is 0. The Morgan fingerprint density at radius 1 is 1.36 bits per heavy atom. The standard InChI is InChI=1S/C7H7NO2.Na/c8-6-4-2-1-3-5(6)7(9)10;/h1-4H,8H2,(H,9,10);/q;+1/p-1. The molecule has 0 saturated carbocycles. The van der Waals surface area contributed by atoms with Crippen LogP contribution in [0.5, 0.6) is 0 Å². The zero-order valence-electron chi connectivity index (χ0n) is 6.20. The molecule has 0 fully saturated rings. The van der Waals surface area contributed by atoms with Crippen LogP contribution >= 0.6 is 0 Å². The molecule has 0 spiro atoms. The Hall–Kier alpha value is -0.510. The van der Waals surface area contributed by atoms with E-state index in [0.29, 0.717) is 0 Å². The summed E-state index contributed by atoms with van der Waals surface area (Å²) < 4.78 is 0. The number of anilines is 1. The molecule has 0 bridgehead atoms. The minimum atomic E-state index is -1.24. The summed E-state index contributed by atoms with van der Waals surface area (Å²) in [6, 6.07) is 6.19. The minimum Gasteiger partial charge on any atom is -0.545 e. The molecule has 1 rings (SSSR count). The molecule has 0 aliphatic carbocycles. The molecule has 2 N–H and O–H groups in total. The Morgan fingerprint density at radius 3 is 2.27 bits per heavy atom. The average Bonchev–Trinajstić information content (AvgIpc) is 1.88. The van der Waals surface area contributed by atoms with E-state index in [1.165, 1.54) is 12.1 Å². The van der Waals surface area contributed by atoms with Gasteiger partial charge in [-0.1, -0.05) is 18.2 Å². The second kappa shape index (κ2) is 4.38. The summed E-state index contributed by atoms with van der Waals surface area (Å²) in [5.74, 6) is -1.24. The van der Waals surface area contributed by atoms with Crippen LogP contribution in [0.1, 0.15) is 10.4 Å². The first-order valence-electron chi connectivity index (χ1n) is 2.77. The molecule has 0 saturated heterocycles. The molecule has 0 unspecified atom stereocenters. The first kappa shape index (κ1) is 10.5. The van der Waals surface area contributed by atoms with Crippen LogP contribution in [0.4, 0.5) is 5.69 Å². The van der Waals surface area contributed by atoms with Crippen LogP contribution in [-0.4, -0.2) is 5.97 Å². The van der Waals surface area contributed by atoms with Crippen LogP contribution in [0.15, 0.2) is 24.3 Å². The van der Waals surface area contributed by atoms with E-state index in [9.17, 15) is 9.90 Å². The number of carbonyl (C=O) groups excluding carboxylic acids is 1. The van der Waals surface area contributed by atoms with Gasteiger partial charge in [0.05, 0.1) is 5.97 Å². The predicted octanol–water partition coefficient (Wildman–Crippen LogP) is -3.36. The number of hydrogen-bond acceptors (Lipinski definition) is 3. The van der Waals surface area contributed by atoms with Gasteiger partial charge < -0.3 is 15.6 Å². The Labute approximate surface area is 86.5 Å². The third kappa shape index (κ3) is 2.54. The van der Waals surface area contributed by atoms with Gasteiger partial charge in [-0.3, -0.25) is 0 Å². The third-order valence-electron chi connectivity index (χ3n) is 1.18. The zero-order valence-corrected chi connectivity index (χ0v) is 8.20. The summed E-state index contributed by atoms with van der Waals surface area (Å²) >= 11 is 0. The van der Waals surface area contributed by atoms with Gasteiger partial charge in [0.15, 0.2) is 0 Å². The van der Waals surface area contributed by atoms with Crippen molar-refractivity contribution in [1.29, 1.82) is 0 Å². The smallest absolute Gasteiger partial charge is 0.545 e. The van der Waals surface area contributed by atoms with E-state index in [2.05, 4.69) is 0 Å². The molecule has 0 heterocycles. The van der Waals surface area contributed by atoms with E-state index < -0.39 is 5.97 Å². The molecule has 0 atom stereocenters. The van der Waals surface area contributed by atoms with Crippen molar-refractivity contribution in [2.24, 2.45) is 0 Å². The Bertz CT molecular complexity index is 262. The maximum atomic E-state index is 10.2. The number of rotatable bonds is 1. The van der Waals surface area contributed by atoms with E-state index in [1.807, 2.05) is 0 Å². The number of para-hydroxylation sites is 1. The van der Waals surface area contributed by atoms with Crippen LogP contribution in [-0.2, 0) is 0 Å². The van der Waals surface area contributed by atoms with Crippen molar-refractivity contribution in [2.45, 2.75) is 0 Å². The number of aromatic carboxylic acids is 1. The van der Waals surface area contributed by atoms with E-state index in [1.54, 1.807) is 12.1 Å². The number of carboxylic acid groups (broad SMARTS) is 1. The quantitative estimate of drug-likeness (QED) is 0.343. The summed E-state index contributed by atoms with van der Waals surface area (Å²) in [5, 5.41) is 10.2. The fourth-order valence-corrected chi connectivity index (χ4v) is 0.683. The summed E-state index contributed by atoms with van der Waals surface area (Å²) in [5.41, 5.74) is 5.58. The molecule has 0 aromatic heterocycles. The first-order chi connectivity index (χ1) is 4.72. The summed E-state index contributed by atoms with van der Waals surface area (Å²) in [4.78, 5) is 10.2. The number of benzene rings is 1. The fraction of sp³-hybridized carbons (Fsp3) is 0. The van der Waals surface area contributed by atoms with Gasteiger partial charge in [-0.05, 0) is 6.07 Å². The molecule has 11 heavy (non-hydrogen) atoms. The Morgan fingerprint density at radius 2 is 1.91 bits per heavy atom. The van der Waals surface area contributed by atoms with E-state index >= 15 is 0 Å². The predicted molar refractivity (Wildman–Crippen MR) is 35.2 cm³/mol. The largest absolute Gasteiger partial charge is 1.00 e. The van der Waals surface area contributed by atoms with E-state index in [-0.39, 0.29) is 40.8 Å². The molecule has 3 nitrogen and oxygen atoms in total. The van der Waals surface area contributed by atoms with Crippen LogP contribution in [0, 0.1) is 0 Å². The molecular formula is C7H6NNaO2. The molecule has 0 amide bonds. The van der Waals surface area contributed by atoms with Crippen LogP contribution < -0.4 is 40.4 Å². The first-order valence-corrected chi connectivity index (χ1v) is 2.77. The van der Waals surface area contributed by atoms with E-state index in [0.717, 1.165) is 0 Å². The van der Waals surface area contributed by atoms with Crippen LogP contribution in [0.25, 0.3) is 0 Å². The molecule has 4 heteroatoms. The summed E-state index contributed by atoms with van der Waals surface area (Å²) in [7, 11) is 0. The van der Waals surface area contributed by atoms with Crippen LogP contribution in [0.2, 0.25) is 0 Å². The van der Waals surface area contributed by atoms with Gasteiger partial charge in [-0.2, -0.15) is 0 Å². The van der Waals surface area contributed by atoms with Crippen molar-refractivity contribution in [3.63, 3.8) is 0 Å². The topological polar surface area (TPSA) is 66.2 Å². The van der Waals surface area contributed by atoms with Gasteiger partial charge in [0.2, 0.25) is 0 Å². The maximum absolute atomic E-state index is 10.2. The van der Waals surface area contributed by atoms with Gasteiger partial charge in [0, 0.05) is 11.3 Å². The van der Waals surface area contributed by atoms with Crippen LogP contribution in [0.3, 0.4) is 0 Å². The Kier molecular flexibility index (Phi) is 4.18. The van der Waals surface area contributed by atoms with Gasteiger partial charge in [-0.25, -0.2) is 0 Å². The zero-order chi connectivity index (χ0) is 7.56. The molecule has 0 radical (unpaired) electrons. The van der Waals surface area contributed by atoms with Gasteiger partial charge >= 0.3 is 29.6 Å². The monoisotopic (exact) mass is 159 g/mol. The van der Waals surface area contributed by atoms with Crippen molar-refractivity contribution >= 4 is 11.7 Å². The van der Waals surface area contributed by atoms with Crippen molar-refractivity contribution in [1.82, 2.24) is 0 Å². The number of carbonyl (C=O) groups is 1. The molecule has 1 aromatic carbocycles. The van der Waals surface area contributed by atoms with Gasteiger partial charge in [0.25, 0.3) is 0 Å². The maximum Gasteiger partial charge on any atom is 1.00 e. The second-order valence-electron chi connectivity index (χ2n) is 1.87. The van der Waals surface area contributed by atoms with Gasteiger partial charge in [0.1, 0.15) is 0 Å². The normalized spacial score (nSPS) is 8.36. The molecular weight excluding hydrogens is 153 g/mol. The number of nitrogens with two attached hydrogens (primary N) is 1. The summed E-state index contributed by atoms with van der Waals surface area (Å²) in [6.07, 6.45) is 0. The SMILES string of the molecule is Nc1ccccc1C(=O)[O-].[Na+]. The van der Waals surface area contributed by atoms with E-state index in [4.69, 9.17) is 5.73 Å². The van der Waals surface area contributed by atoms with Gasteiger partial charge in [-0.15, -0.1) is 0 Å². The minimum absolute atomic E-state index is 0. The molecule has 0 aliphatic heterocycles. The molecule has 0 aliphatic rings. The molecule has 52 valence electrons. The van der Waals surface area contributed by atoms with Crippen molar-refractivity contribution < 1.29 is 39.5 Å². The van der Waals surface area contributed by atoms with Crippen molar-refractivity contribution in [2.75, 3.05) is 5.73 Å². The second-order valence-corrected chi connectivity index (χ2v) is 1.87. The number of carboxylic acids is 1. The Balaban J connectivity index is 0.000001000. The molecule has 1 aromatic rings.